The predicted octanol–water partition coefficient (Wildman–Crippen LogP) is 1.11. The first kappa shape index (κ1) is 12.7. The van der Waals surface area contributed by atoms with E-state index in [0.717, 1.165) is 18.6 Å². The number of fused-ring (bicyclic) bond motifs is 1. The molecule has 0 saturated heterocycles. The van der Waals surface area contributed by atoms with E-state index < -0.39 is 0 Å². The Balaban J connectivity index is 2.23. The second kappa shape index (κ2) is 4.49. The van der Waals surface area contributed by atoms with Crippen molar-refractivity contribution in [2.24, 2.45) is 11.1 Å². The van der Waals surface area contributed by atoms with Gasteiger partial charge in [0.25, 0.3) is 0 Å². The third-order valence-electron chi connectivity index (χ3n) is 3.07. The van der Waals surface area contributed by atoms with Gasteiger partial charge in [-0.25, -0.2) is 15.0 Å². The minimum absolute atomic E-state index is 0.190. The van der Waals surface area contributed by atoms with Gasteiger partial charge in [-0.3, -0.25) is 0 Å². The zero-order valence-corrected chi connectivity index (χ0v) is 11.2. The summed E-state index contributed by atoms with van der Waals surface area (Å²) in [6.45, 7) is 4.78. The highest BCUT2D eigenvalue weighted by molar-refractivity contribution is 7.80. The van der Waals surface area contributed by atoms with Gasteiger partial charge in [0.1, 0.15) is 11.8 Å². The maximum absolute atomic E-state index is 5.73. The number of nitrogens with zero attached hydrogens (tertiary/aromatic N) is 4. The minimum Gasteiger partial charge on any atom is -0.393 e. The summed E-state index contributed by atoms with van der Waals surface area (Å²) in [7, 11) is 0. The van der Waals surface area contributed by atoms with Crippen LogP contribution in [0.1, 0.15) is 20.3 Å². The number of nitrogens with two attached hydrogens (primary N) is 2. The van der Waals surface area contributed by atoms with Crippen LogP contribution >= 0.6 is 12.2 Å². The standard InChI is InChI=1S/C11H16N6S/c1-11(2,10(13)18)3-4-17-6-16-7-8(12)14-5-15-9(7)17/h5-6H,3-4H2,1-2H3,(H2,13,18)(H2,12,14,15). The van der Waals surface area contributed by atoms with Crippen LogP contribution in [0.15, 0.2) is 12.7 Å². The molecule has 0 bridgehead atoms. The predicted molar refractivity (Wildman–Crippen MR) is 74.9 cm³/mol. The van der Waals surface area contributed by atoms with Gasteiger partial charge in [0.2, 0.25) is 0 Å². The van der Waals surface area contributed by atoms with E-state index in [4.69, 9.17) is 23.7 Å². The number of imidazole rings is 1. The average Bonchev–Trinajstić information content (AvgIpc) is 2.71. The van der Waals surface area contributed by atoms with E-state index in [1.165, 1.54) is 6.33 Å². The molecule has 4 N–H and O–H groups in total. The lowest BCUT2D eigenvalue weighted by Crippen LogP contribution is -2.30. The molecule has 96 valence electrons. The molecule has 0 radical (unpaired) electrons. The van der Waals surface area contributed by atoms with Crippen LogP contribution in [-0.4, -0.2) is 24.5 Å². The van der Waals surface area contributed by atoms with Crippen LogP contribution in [-0.2, 0) is 6.54 Å². The summed E-state index contributed by atoms with van der Waals surface area (Å²) in [5.41, 5.74) is 12.6. The Morgan fingerprint density at radius 2 is 2.11 bits per heavy atom. The molecule has 0 aliphatic carbocycles. The molecule has 0 unspecified atom stereocenters. The number of aryl methyl sites for hydroxylation is 1. The first-order chi connectivity index (χ1) is 8.42. The summed E-state index contributed by atoms with van der Waals surface area (Å²) in [6, 6.07) is 0. The smallest absolute Gasteiger partial charge is 0.165 e. The lowest BCUT2D eigenvalue weighted by atomic mass is 9.89. The van der Waals surface area contributed by atoms with Crippen molar-refractivity contribution in [2.75, 3.05) is 5.73 Å². The molecule has 2 aromatic rings. The maximum Gasteiger partial charge on any atom is 0.165 e. The highest BCUT2D eigenvalue weighted by Gasteiger charge is 2.21. The molecule has 0 spiro atoms. The van der Waals surface area contributed by atoms with Gasteiger partial charge in [-0.15, -0.1) is 0 Å². The van der Waals surface area contributed by atoms with Crippen molar-refractivity contribution in [2.45, 2.75) is 26.8 Å². The monoisotopic (exact) mass is 264 g/mol. The molecule has 0 amide bonds. The van der Waals surface area contributed by atoms with Crippen LogP contribution in [0.3, 0.4) is 0 Å². The van der Waals surface area contributed by atoms with Gasteiger partial charge in [0.05, 0.1) is 11.3 Å². The third-order valence-corrected chi connectivity index (χ3v) is 3.63. The minimum atomic E-state index is -0.190. The molecular formula is C11H16N6S. The van der Waals surface area contributed by atoms with Gasteiger partial charge in [-0.1, -0.05) is 26.1 Å². The number of rotatable bonds is 4. The van der Waals surface area contributed by atoms with E-state index in [1.807, 2.05) is 18.4 Å². The summed E-state index contributed by atoms with van der Waals surface area (Å²) >= 11 is 5.05. The van der Waals surface area contributed by atoms with Crippen LogP contribution in [0.4, 0.5) is 5.82 Å². The number of aromatic nitrogens is 4. The van der Waals surface area contributed by atoms with Crippen molar-refractivity contribution in [1.29, 1.82) is 0 Å². The van der Waals surface area contributed by atoms with Crippen LogP contribution in [0.5, 0.6) is 0 Å². The highest BCUT2D eigenvalue weighted by atomic mass is 32.1. The Hall–Kier alpha value is -1.76. The molecule has 6 nitrogen and oxygen atoms in total. The van der Waals surface area contributed by atoms with E-state index in [-0.39, 0.29) is 5.41 Å². The van der Waals surface area contributed by atoms with Gasteiger partial charge in [-0.2, -0.15) is 0 Å². The van der Waals surface area contributed by atoms with Gasteiger partial charge in [0.15, 0.2) is 11.5 Å². The Morgan fingerprint density at radius 3 is 2.78 bits per heavy atom. The topological polar surface area (TPSA) is 95.6 Å². The fraction of sp³-hybridized carbons (Fsp3) is 0.455. The molecular weight excluding hydrogens is 248 g/mol. The van der Waals surface area contributed by atoms with E-state index >= 15 is 0 Å². The number of nitrogen functional groups attached to an aromatic ring is 1. The Bertz CT molecular complexity index is 588. The lowest BCUT2D eigenvalue weighted by Gasteiger charge is -2.22. The van der Waals surface area contributed by atoms with E-state index in [0.29, 0.717) is 16.3 Å². The summed E-state index contributed by atoms with van der Waals surface area (Å²) < 4.78 is 1.94. The first-order valence-corrected chi connectivity index (χ1v) is 6.04. The van der Waals surface area contributed by atoms with Gasteiger partial charge in [-0.05, 0) is 6.42 Å². The first-order valence-electron chi connectivity index (χ1n) is 5.63. The molecule has 0 aliphatic rings. The largest absolute Gasteiger partial charge is 0.393 e. The summed E-state index contributed by atoms with van der Waals surface area (Å²) in [5.74, 6) is 0.396. The van der Waals surface area contributed by atoms with Crippen molar-refractivity contribution >= 4 is 34.2 Å². The van der Waals surface area contributed by atoms with E-state index in [1.54, 1.807) is 6.33 Å². The molecule has 7 heteroatoms. The quantitative estimate of drug-likeness (QED) is 0.803. The van der Waals surface area contributed by atoms with Crippen molar-refractivity contribution in [3.63, 3.8) is 0 Å². The number of hydrogen-bond acceptors (Lipinski definition) is 5. The van der Waals surface area contributed by atoms with Crippen LogP contribution in [0, 0.1) is 5.41 Å². The fourth-order valence-corrected chi connectivity index (χ4v) is 1.69. The fourth-order valence-electron chi connectivity index (χ4n) is 1.59. The molecule has 0 aliphatic heterocycles. The van der Waals surface area contributed by atoms with Crippen molar-refractivity contribution in [3.8, 4) is 0 Å². The van der Waals surface area contributed by atoms with Crippen LogP contribution < -0.4 is 11.5 Å². The van der Waals surface area contributed by atoms with Crippen molar-refractivity contribution in [1.82, 2.24) is 19.5 Å². The highest BCUT2D eigenvalue weighted by Crippen LogP contribution is 2.23. The Labute approximate surface area is 110 Å². The SMILES string of the molecule is CC(C)(CCn1cnc2c(N)ncnc21)C(N)=S. The van der Waals surface area contributed by atoms with Crippen molar-refractivity contribution < 1.29 is 0 Å². The molecule has 2 rings (SSSR count). The van der Waals surface area contributed by atoms with Crippen LogP contribution in [0.2, 0.25) is 0 Å². The molecule has 0 fully saturated rings. The molecule has 2 aromatic heterocycles. The number of hydrogen-bond donors (Lipinski definition) is 2. The van der Waals surface area contributed by atoms with Crippen molar-refractivity contribution in [3.05, 3.63) is 12.7 Å². The van der Waals surface area contributed by atoms with Gasteiger partial charge in [0, 0.05) is 12.0 Å². The summed E-state index contributed by atoms with van der Waals surface area (Å²) in [5, 5.41) is 0. The summed E-state index contributed by atoms with van der Waals surface area (Å²) in [4.78, 5) is 12.8. The van der Waals surface area contributed by atoms with Gasteiger partial charge >= 0.3 is 0 Å². The zero-order chi connectivity index (χ0) is 13.3. The molecule has 0 atom stereocenters. The molecule has 2 heterocycles. The molecule has 18 heavy (non-hydrogen) atoms. The normalized spacial score (nSPS) is 11.9. The maximum atomic E-state index is 5.73. The average molecular weight is 264 g/mol. The Morgan fingerprint density at radius 1 is 1.39 bits per heavy atom. The number of thiocarbonyl (C=S) groups is 1. The molecule has 0 aromatic carbocycles. The molecule has 0 saturated carbocycles. The Kier molecular flexibility index (Phi) is 3.16. The van der Waals surface area contributed by atoms with Crippen LogP contribution in [0.25, 0.3) is 11.2 Å². The van der Waals surface area contributed by atoms with E-state index in [9.17, 15) is 0 Å². The second-order valence-corrected chi connectivity index (χ2v) is 5.31. The number of anilines is 1. The lowest BCUT2D eigenvalue weighted by molar-refractivity contribution is 0.438. The second-order valence-electron chi connectivity index (χ2n) is 4.87. The third kappa shape index (κ3) is 2.26. The summed E-state index contributed by atoms with van der Waals surface area (Å²) in [6.07, 6.45) is 3.97. The van der Waals surface area contributed by atoms with Gasteiger partial charge < -0.3 is 16.0 Å². The van der Waals surface area contributed by atoms with E-state index in [2.05, 4.69) is 15.0 Å². The zero-order valence-electron chi connectivity index (χ0n) is 10.4.